The molecule has 1 aliphatic rings. The first-order valence-electron chi connectivity index (χ1n) is 10.3. The number of thiazole rings is 1. The van der Waals surface area contributed by atoms with E-state index in [1.165, 1.54) is 11.3 Å². The van der Waals surface area contributed by atoms with Crippen molar-refractivity contribution in [1.82, 2.24) is 25.2 Å². The van der Waals surface area contributed by atoms with Gasteiger partial charge in [-0.1, -0.05) is 11.6 Å². The van der Waals surface area contributed by atoms with Gasteiger partial charge in [-0.3, -0.25) is 9.69 Å². The second kappa shape index (κ2) is 10.2. The number of hydrogen-bond acceptors (Lipinski definition) is 6. The van der Waals surface area contributed by atoms with Gasteiger partial charge in [-0.15, -0.1) is 11.3 Å². The molecule has 3 heterocycles. The van der Waals surface area contributed by atoms with Gasteiger partial charge < -0.3 is 5.32 Å². The highest BCUT2D eigenvalue weighted by molar-refractivity contribution is 14.1. The van der Waals surface area contributed by atoms with Crippen molar-refractivity contribution >= 4 is 51.4 Å². The van der Waals surface area contributed by atoms with Crippen LogP contribution in [0.25, 0.3) is 11.4 Å². The molecule has 1 fully saturated rings. The van der Waals surface area contributed by atoms with Crippen LogP contribution in [0.4, 0.5) is 8.78 Å². The van der Waals surface area contributed by atoms with E-state index < -0.39 is 5.92 Å². The summed E-state index contributed by atoms with van der Waals surface area (Å²) in [5.41, 5.74) is 0.981. The summed E-state index contributed by atoms with van der Waals surface area (Å²) in [6.45, 7) is 2.66. The Morgan fingerprint density at radius 2 is 1.94 bits per heavy atom. The van der Waals surface area contributed by atoms with Gasteiger partial charge in [0.1, 0.15) is 0 Å². The molecule has 3 aromatic rings. The standard InChI is InChI=1S/C22H21ClF2IN5OS/c1-13-27-12-19(33-13)18(31-6-4-22(24,25)5-7-31)11-30-21(32)16-8-14(2-3-17(16)23)20-28-9-15(26)10-29-20/h2-3,8-10,12,18H,4-7,11H2,1H3,(H,30,32). The lowest BCUT2D eigenvalue weighted by molar-refractivity contribution is -0.0629. The van der Waals surface area contributed by atoms with E-state index in [1.54, 1.807) is 36.8 Å². The summed E-state index contributed by atoms with van der Waals surface area (Å²) in [5.74, 6) is -2.49. The van der Waals surface area contributed by atoms with Crippen LogP contribution in [-0.2, 0) is 0 Å². The van der Waals surface area contributed by atoms with Gasteiger partial charge in [-0.2, -0.15) is 0 Å². The highest BCUT2D eigenvalue weighted by Gasteiger charge is 2.37. The number of piperidine rings is 1. The zero-order chi connectivity index (χ0) is 23.6. The van der Waals surface area contributed by atoms with Gasteiger partial charge in [0.15, 0.2) is 5.82 Å². The first-order chi connectivity index (χ1) is 15.7. The van der Waals surface area contributed by atoms with Crippen LogP contribution in [0.2, 0.25) is 5.02 Å². The molecular formula is C22H21ClF2IN5OS. The monoisotopic (exact) mass is 603 g/mol. The van der Waals surface area contributed by atoms with Crippen molar-refractivity contribution in [2.45, 2.75) is 31.7 Å². The summed E-state index contributed by atoms with van der Waals surface area (Å²) in [6.07, 6.45) is 4.76. The third-order valence-electron chi connectivity index (χ3n) is 5.48. The number of nitrogens with zero attached hydrogens (tertiary/aromatic N) is 4. The smallest absolute Gasteiger partial charge is 0.252 e. The molecule has 1 unspecified atom stereocenters. The molecule has 0 spiro atoms. The number of nitrogens with one attached hydrogen (secondary N) is 1. The zero-order valence-electron chi connectivity index (χ0n) is 17.7. The third-order valence-corrected chi connectivity index (χ3v) is 7.38. The van der Waals surface area contributed by atoms with Crippen molar-refractivity contribution in [3.05, 3.63) is 60.8 Å². The topological polar surface area (TPSA) is 71.0 Å². The van der Waals surface area contributed by atoms with Crippen LogP contribution < -0.4 is 5.32 Å². The Morgan fingerprint density at radius 3 is 2.58 bits per heavy atom. The minimum atomic E-state index is -2.64. The molecule has 0 aliphatic carbocycles. The molecule has 6 nitrogen and oxygen atoms in total. The normalized spacial score (nSPS) is 17.0. The molecule has 1 aromatic carbocycles. The van der Waals surface area contributed by atoms with Crippen LogP contribution in [-0.4, -0.2) is 51.3 Å². The lowest BCUT2D eigenvalue weighted by Gasteiger charge is -2.37. The van der Waals surface area contributed by atoms with Crippen molar-refractivity contribution in [3.8, 4) is 11.4 Å². The first kappa shape index (κ1) is 24.4. The summed E-state index contributed by atoms with van der Waals surface area (Å²) in [5, 5.41) is 4.13. The molecule has 1 aliphatic heterocycles. The number of carbonyl (C=O) groups is 1. The summed E-state index contributed by atoms with van der Waals surface area (Å²) in [4.78, 5) is 28.9. The number of aryl methyl sites for hydroxylation is 1. The number of carbonyl (C=O) groups excluding carboxylic acids is 1. The first-order valence-corrected chi connectivity index (χ1v) is 12.6. The van der Waals surface area contributed by atoms with E-state index >= 15 is 0 Å². The predicted molar refractivity (Wildman–Crippen MR) is 133 cm³/mol. The maximum Gasteiger partial charge on any atom is 0.252 e. The highest BCUT2D eigenvalue weighted by atomic mass is 127. The maximum atomic E-state index is 13.7. The molecule has 11 heteroatoms. The van der Waals surface area contributed by atoms with Crippen LogP contribution >= 0.6 is 45.5 Å². The fourth-order valence-electron chi connectivity index (χ4n) is 3.69. The molecule has 33 heavy (non-hydrogen) atoms. The van der Waals surface area contributed by atoms with Crippen LogP contribution in [0.5, 0.6) is 0 Å². The van der Waals surface area contributed by atoms with Crippen LogP contribution in [0.1, 0.15) is 39.1 Å². The number of hydrogen-bond donors (Lipinski definition) is 1. The Hall–Kier alpha value is -1.76. The van der Waals surface area contributed by atoms with Gasteiger partial charge in [-0.05, 0) is 47.7 Å². The number of benzene rings is 1. The summed E-state index contributed by atoms with van der Waals surface area (Å²) >= 11 is 9.94. The van der Waals surface area contributed by atoms with Crippen LogP contribution in [0.15, 0.2) is 36.8 Å². The molecule has 2 aromatic heterocycles. The second-order valence-corrected chi connectivity index (χ2v) is 10.7. The average molecular weight is 604 g/mol. The third kappa shape index (κ3) is 6.03. The van der Waals surface area contributed by atoms with E-state index in [0.717, 1.165) is 13.5 Å². The lowest BCUT2D eigenvalue weighted by atomic mass is 10.0. The van der Waals surface area contributed by atoms with Gasteiger partial charge in [0, 0.05) is 65.1 Å². The Kier molecular flexibility index (Phi) is 7.56. The van der Waals surface area contributed by atoms with E-state index in [0.29, 0.717) is 22.0 Å². The molecule has 4 rings (SSSR count). The number of alkyl halides is 2. The predicted octanol–water partition coefficient (Wildman–Crippen LogP) is 5.37. The highest BCUT2D eigenvalue weighted by Crippen LogP contribution is 2.34. The Labute approximate surface area is 212 Å². The Bertz CT molecular complexity index is 1130. The van der Waals surface area contributed by atoms with Gasteiger partial charge in [0.2, 0.25) is 0 Å². The van der Waals surface area contributed by atoms with Crippen molar-refractivity contribution in [3.63, 3.8) is 0 Å². The molecule has 174 valence electrons. The van der Waals surface area contributed by atoms with E-state index in [9.17, 15) is 13.6 Å². The summed E-state index contributed by atoms with van der Waals surface area (Å²) in [7, 11) is 0. The minimum absolute atomic E-state index is 0.195. The van der Waals surface area contributed by atoms with Crippen molar-refractivity contribution in [2.24, 2.45) is 0 Å². The fourth-order valence-corrected chi connectivity index (χ4v) is 5.09. The number of aromatic nitrogens is 3. The largest absolute Gasteiger partial charge is 0.350 e. The van der Waals surface area contributed by atoms with Gasteiger partial charge in [0.25, 0.3) is 11.8 Å². The van der Waals surface area contributed by atoms with Crippen LogP contribution in [0.3, 0.4) is 0 Å². The SMILES string of the molecule is Cc1ncc(C(CNC(=O)c2cc(-c3ncc(I)cn3)ccc2Cl)N2CCC(F)(F)CC2)s1. The van der Waals surface area contributed by atoms with Crippen molar-refractivity contribution in [1.29, 1.82) is 0 Å². The molecule has 1 saturated heterocycles. The Morgan fingerprint density at radius 1 is 1.24 bits per heavy atom. The number of halogens is 4. The Balaban J connectivity index is 1.51. The summed E-state index contributed by atoms with van der Waals surface area (Å²) in [6, 6.07) is 4.83. The number of likely N-dealkylation sites (tertiary alicyclic amines) is 1. The molecule has 1 amide bonds. The number of rotatable bonds is 6. The maximum absolute atomic E-state index is 13.7. The molecule has 0 saturated carbocycles. The zero-order valence-corrected chi connectivity index (χ0v) is 21.4. The summed E-state index contributed by atoms with van der Waals surface area (Å²) < 4.78 is 28.3. The van der Waals surface area contributed by atoms with Gasteiger partial charge in [-0.25, -0.2) is 23.7 Å². The lowest BCUT2D eigenvalue weighted by Crippen LogP contribution is -2.44. The molecule has 0 radical (unpaired) electrons. The average Bonchev–Trinajstić information content (AvgIpc) is 3.21. The fraction of sp³-hybridized carbons (Fsp3) is 0.364. The molecule has 0 bridgehead atoms. The number of amides is 1. The molecular weight excluding hydrogens is 583 g/mol. The van der Waals surface area contributed by atoms with E-state index in [4.69, 9.17) is 11.6 Å². The van der Waals surface area contributed by atoms with Gasteiger partial charge in [0.05, 0.1) is 21.6 Å². The van der Waals surface area contributed by atoms with E-state index in [1.807, 2.05) is 11.8 Å². The molecule has 1 atom stereocenters. The van der Waals surface area contributed by atoms with Gasteiger partial charge >= 0.3 is 0 Å². The van der Waals surface area contributed by atoms with Crippen molar-refractivity contribution < 1.29 is 13.6 Å². The minimum Gasteiger partial charge on any atom is -0.350 e. The van der Waals surface area contributed by atoms with E-state index in [-0.39, 0.29) is 44.4 Å². The molecule has 1 N–H and O–H groups in total. The van der Waals surface area contributed by atoms with E-state index in [2.05, 4.69) is 42.9 Å². The second-order valence-electron chi connectivity index (χ2n) is 7.82. The van der Waals surface area contributed by atoms with Crippen LogP contribution in [0, 0.1) is 10.5 Å². The quantitative estimate of drug-likeness (QED) is 0.384. The van der Waals surface area contributed by atoms with Crippen molar-refractivity contribution in [2.75, 3.05) is 19.6 Å².